The molecule has 0 unspecified atom stereocenters. The number of nitrogens with zero attached hydrogens (tertiary/aromatic N) is 2. The number of ether oxygens (including phenoxy) is 1. The summed E-state index contributed by atoms with van der Waals surface area (Å²) in [7, 11) is 1.47. The number of rotatable bonds is 6. The first-order valence-electron chi connectivity index (χ1n) is 10.1. The lowest BCUT2D eigenvalue weighted by Gasteiger charge is -2.24. The van der Waals surface area contributed by atoms with E-state index < -0.39 is 18.0 Å². The van der Waals surface area contributed by atoms with Gasteiger partial charge in [0.15, 0.2) is 0 Å². The van der Waals surface area contributed by atoms with E-state index in [4.69, 9.17) is 4.74 Å². The number of para-hydroxylation sites is 2. The van der Waals surface area contributed by atoms with Gasteiger partial charge in [-0.1, -0.05) is 24.3 Å². The van der Waals surface area contributed by atoms with Gasteiger partial charge in [-0.25, -0.2) is 4.98 Å². The Hall–Kier alpha value is -4.34. The number of alkyl halides is 3. The molecular weight excluding hydrogens is 449 g/mol. The molecule has 1 aromatic heterocycles. The summed E-state index contributed by atoms with van der Waals surface area (Å²) in [5, 5.41) is 2.62. The van der Waals surface area contributed by atoms with Crippen molar-refractivity contribution in [3.63, 3.8) is 0 Å². The van der Waals surface area contributed by atoms with Crippen molar-refractivity contribution >= 4 is 34.5 Å². The van der Waals surface area contributed by atoms with Gasteiger partial charge < -0.3 is 14.6 Å². The van der Waals surface area contributed by atoms with Crippen molar-refractivity contribution in [3.05, 3.63) is 83.9 Å². The van der Waals surface area contributed by atoms with Crippen LogP contribution in [-0.2, 0) is 11.3 Å². The Morgan fingerprint density at radius 1 is 1.00 bits per heavy atom. The number of fused-ring (bicyclic) bond motifs is 1. The molecule has 2 amide bonds. The lowest BCUT2D eigenvalue weighted by Crippen LogP contribution is -2.40. The number of carbonyl (C=O) groups is 2. The monoisotopic (exact) mass is 468 g/mol. The molecule has 10 heteroatoms. The average Bonchev–Trinajstić information content (AvgIpc) is 3.24. The number of nitrogens with one attached hydrogen (secondary N) is 2. The lowest BCUT2D eigenvalue weighted by molar-refractivity contribution is -0.170. The van der Waals surface area contributed by atoms with Crippen molar-refractivity contribution in [1.82, 2.24) is 9.97 Å². The number of aromatic nitrogens is 2. The standard InChI is InChI=1S/C24H19F3N4O3/c1-34-18-12-6-15(7-13-18)14-31(22(33)24(25,26)27)17-10-8-16(9-11-17)21(32)30-23-28-19-4-2-3-5-20(19)29-23/h2-13H,14H2,1H3,(H2,28,29,30,32). The summed E-state index contributed by atoms with van der Waals surface area (Å²) < 4.78 is 44.8. The van der Waals surface area contributed by atoms with Crippen LogP contribution in [0.5, 0.6) is 5.75 Å². The summed E-state index contributed by atoms with van der Waals surface area (Å²) in [4.78, 5) is 32.5. The summed E-state index contributed by atoms with van der Waals surface area (Å²) in [5.41, 5.74) is 2.08. The van der Waals surface area contributed by atoms with Crippen LogP contribution in [-0.4, -0.2) is 35.1 Å². The SMILES string of the molecule is COc1ccc(CN(C(=O)C(F)(F)F)c2ccc(C(=O)Nc3nc4ccccc4[nH]3)cc2)cc1. The molecule has 0 saturated carbocycles. The second kappa shape index (κ2) is 9.26. The van der Waals surface area contributed by atoms with Crippen LogP contribution >= 0.6 is 0 Å². The number of halogens is 3. The topological polar surface area (TPSA) is 87.3 Å². The van der Waals surface area contributed by atoms with Gasteiger partial charge in [-0.2, -0.15) is 13.2 Å². The van der Waals surface area contributed by atoms with E-state index in [1.807, 2.05) is 18.2 Å². The van der Waals surface area contributed by atoms with Crippen molar-refractivity contribution in [2.45, 2.75) is 12.7 Å². The van der Waals surface area contributed by atoms with Gasteiger partial charge >= 0.3 is 12.1 Å². The summed E-state index contributed by atoms with van der Waals surface area (Å²) in [5.74, 6) is -1.74. The smallest absolute Gasteiger partial charge is 0.471 e. The van der Waals surface area contributed by atoms with Crippen molar-refractivity contribution in [2.24, 2.45) is 0 Å². The lowest BCUT2D eigenvalue weighted by atomic mass is 10.1. The molecule has 2 N–H and O–H groups in total. The minimum absolute atomic E-state index is 0.00145. The minimum atomic E-state index is -5.07. The van der Waals surface area contributed by atoms with Crippen LogP contribution in [0.15, 0.2) is 72.8 Å². The van der Waals surface area contributed by atoms with E-state index in [1.165, 1.54) is 31.4 Å². The highest BCUT2D eigenvalue weighted by Gasteiger charge is 2.43. The van der Waals surface area contributed by atoms with Crippen LogP contribution in [0.25, 0.3) is 11.0 Å². The van der Waals surface area contributed by atoms with Gasteiger partial charge in [-0.3, -0.25) is 14.9 Å². The normalized spacial score (nSPS) is 11.3. The zero-order valence-corrected chi connectivity index (χ0v) is 17.9. The van der Waals surface area contributed by atoms with Gasteiger partial charge in [0, 0.05) is 11.3 Å². The predicted octanol–water partition coefficient (Wildman–Crippen LogP) is 4.92. The molecule has 1 heterocycles. The average molecular weight is 468 g/mol. The Kier molecular flexibility index (Phi) is 6.22. The van der Waals surface area contributed by atoms with E-state index in [0.717, 1.165) is 5.52 Å². The number of imidazole rings is 1. The van der Waals surface area contributed by atoms with Crippen molar-refractivity contribution in [3.8, 4) is 5.75 Å². The maximum atomic E-state index is 13.3. The molecule has 0 atom stereocenters. The summed E-state index contributed by atoms with van der Waals surface area (Å²) in [6.45, 7) is -0.313. The molecule has 0 saturated heterocycles. The maximum Gasteiger partial charge on any atom is 0.471 e. The first-order chi connectivity index (χ1) is 16.2. The van der Waals surface area contributed by atoms with Gasteiger partial charge in [-0.05, 0) is 54.1 Å². The number of H-pyrrole nitrogens is 1. The molecule has 7 nitrogen and oxygen atoms in total. The molecule has 0 fully saturated rings. The van der Waals surface area contributed by atoms with E-state index in [-0.39, 0.29) is 23.7 Å². The summed E-state index contributed by atoms with van der Waals surface area (Å²) in [6, 6.07) is 18.8. The fourth-order valence-electron chi connectivity index (χ4n) is 3.33. The van der Waals surface area contributed by atoms with Crippen molar-refractivity contribution in [2.75, 3.05) is 17.3 Å². The Balaban J connectivity index is 1.54. The van der Waals surface area contributed by atoms with Gasteiger partial charge in [0.05, 0.1) is 24.7 Å². The Labute approximate surface area is 192 Å². The summed E-state index contributed by atoms with van der Waals surface area (Å²) >= 11 is 0. The van der Waals surface area contributed by atoms with Crippen LogP contribution in [0.1, 0.15) is 15.9 Å². The highest BCUT2D eigenvalue weighted by atomic mass is 19.4. The zero-order chi connectivity index (χ0) is 24.3. The molecular formula is C24H19F3N4O3. The number of hydrogen-bond acceptors (Lipinski definition) is 4. The van der Waals surface area contributed by atoms with Crippen molar-refractivity contribution in [1.29, 1.82) is 0 Å². The number of carbonyl (C=O) groups excluding carboxylic acids is 2. The molecule has 0 aliphatic heterocycles. The second-order valence-corrected chi connectivity index (χ2v) is 7.34. The van der Waals surface area contributed by atoms with E-state index >= 15 is 0 Å². The van der Waals surface area contributed by atoms with Gasteiger partial charge in [0.25, 0.3) is 5.91 Å². The number of amides is 2. The first-order valence-corrected chi connectivity index (χ1v) is 10.1. The molecule has 0 spiro atoms. The van der Waals surface area contributed by atoms with Gasteiger partial charge in [0.1, 0.15) is 5.75 Å². The molecule has 4 rings (SSSR count). The largest absolute Gasteiger partial charge is 0.497 e. The van der Waals surface area contributed by atoms with Crippen LogP contribution in [0, 0.1) is 0 Å². The van der Waals surface area contributed by atoms with E-state index in [1.54, 1.807) is 30.3 Å². The molecule has 0 bridgehead atoms. The Morgan fingerprint density at radius 3 is 2.29 bits per heavy atom. The molecule has 4 aromatic rings. The van der Waals surface area contributed by atoms with Crippen LogP contribution in [0.2, 0.25) is 0 Å². The number of hydrogen-bond donors (Lipinski definition) is 2. The third-order valence-corrected chi connectivity index (χ3v) is 5.05. The zero-order valence-electron chi connectivity index (χ0n) is 17.9. The highest BCUT2D eigenvalue weighted by Crippen LogP contribution is 2.27. The third-order valence-electron chi connectivity index (χ3n) is 5.05. The van der Waals surface area contributed by atoms with Gasteiger partial charge in [-0.15, -0.1) is 0 Å². The maximum absolute atomic E-state index is 13.3. The van der Waals surface area contributed by atoms with E-state index in [2.05, 4.69) is 15.3 Å². The fourth-order valence-corrected chi connectivity index (χ4v) is 3.33. The fraction of sp³-hybridized carbons (Fsp3) is 0.125. The summed E-state index contributed by atoms with van der Waals surface area (Å²) in [6.07, 6.45) is -5.07. The minimum Gasteiger partial charge on any atom is -0.497 e. The molecule has 0 aliphatic carbocycles. The van der Waals surface area contributed by atoms with Crippen LogP contribution < -0.4 is 15.0 Å². The Morgan fingerprint density at radius 2 is 1.68 bits per heavy atom. The van der Waals surface area contributed by atoms with Crippen LogP contribution in [0.4, 0.5) is 24.8 Å². The second-order valence-electron chi connectivity index (χ2n) is 7.34. The molecule has 0 aliphatic rings. The third kappa shape index (κ3) is 5.01. The van der Waals surface area contributed by atoms with Gasteiger partial charge in [0.2, 0.25) is 5.95 Å². The number of benzene rings is 3. The molecule has 0 radical (unpaired) electrons. The number of aromatic amines is 1. The molecule has 174 valence electrons. The quantitative estimate of drug-likeness (QED) is 0.421. The van der Waals surface area contributed by atoms with E-state index in [0.29, 0.717) is 21.7 Å². The highest BCUT2D eigenvalue weighted by molar-refractivity contribution is 6.04. The molecule has 34 heavy (non-hydrogen) atoms. The first kappa shape index (κ1) is 22.8. The predicted molar refractivity (Wildman–Crippen MR) is 121 cm³/mol. The molecule has 3 aromatic carbocycles. The van der Waals surface area contributed by atoms with Crippen LogP contribution in [0.3, 0.4) is 0 Å². The van der Waals surface area contributed by atoms with Crippen molar-refractivity contribution < 1.29 is 27.5 Å². The van der Waals surface area contributed by atoms with E-state index in [9.17, 15) is 22.8 Å². The Bertz CT molecular complexity index is 1280. The number of anilines is 2. The number of methoxy groups -OCH3 is 1.